The van der Waals surface area contributed by atoms with Crippen LogP contribution in [0, 0.1) is 6.92 Å². The van der Waals surface area contributed by atoms with E-state index in [9.17, 15) is 0 Å². The maximum atomic E-state index is 3.59. The normalized spacial score (nSPS) is 20.9. The monoisotopic (exact) mass is 232 g/mol. The van der Waals surface area contributed by atoms with E-state index >= 15 is 0 Å². The van der Waals surface area contributed by atoms with Gasteiger partial charge in [-0.15, -0.1) is 0 Å². The van der Waals surface area contributed by atoms with E-state index in [0.29, 0.717) is 0 Å². The molecule has 94 valence electrons. The molecule has 0 aliphatic carbocycles. The number of rotatable bonds is 5. The van der Waals surface area contributed by atoms with Crippen molar-refractivity contribution in [2.45, 2.75) is 39.3 Å². The molecule has 2 rings (SSSR count). The number of hydrogen-bond donors (Lipinski definition) is 1. The summed E-state index contributed by atoms with van der Waals surface area (Å²) in [5.41, 5.74) is 2.74. The molecule has 1 aliphatic heterocycles. The van der Waals surface area contributed by atoms with Gasteiger partial charge in [0.25, 0.3) is 0 Å². The second kappa shape index (κ2) is 6.18. The highest BCUT2D eigenvalue weighted by molar-refractivity contribution is 5.21. The third kappa shape index (κ3) is 3.55. The molecule has 1 heterocycles. The molecule has 2 heteroatoms. The van der Waals surface area contributed by atoms with Crippen LogP contribution in [0.2, 0.25) is 0 Å². The van der Waals surface area contributed by atoms with Crippen LogP contribution in [0.5, 0.6) is 0 Å². The maximum Gasteiger partial charge on any atom is 0.0221 e. The molecule has 17 heavy (non-hydrogen) atoms. The molecule has 0 spiro atoms. The maximum absolute atomic E-state index is 3.59. The Bertz CT molecular complexity index is 349. The molecule has 0 radical (unpaired) electrons. The van der Waals surface area contributed by atoms with Crippen molar-refractivity contribution in [3.8, 4) is 0 Å². The number of aryl methyl sites for hydroxylation is 1. The largest absolute Gasteiger partial charge is 0.311 e. The molecule has 0 saturated carbocycles. The lowest BCUT2D eigenvalue weighted by Gasteiger charge is -2.23. The molecule has 1 N–H and O–H groups in total. The zero-order chi connectivity index (χ0) is 12.1. The van der Waals surface area contributed by atoms with Crippen molar-refractivity contribution in [1.29, 1.82) is 0 Å². The van der Waals surface area contributed by atoms with Crippen LogP contribution >= 0.6 is 0 Å². The highest BCUT2D eigenvalue weighted by atomic mass is 15.2. The van der Waals surface area contributed by atoms with Crippen LogP contribution in [-0.4, -0.2) is 30.6 Å². The minimum Gasteiger partial charge on any atom is -0.311 e. The zero-order valence-corrected chi connectivity index (χ0v) is 11.1. The van der Waals surface area contributed by atoms with Gasteiger partial charge in [-0.3, -0.25) is 4.90 Å². The van der Waals surface area contributed by atoms with E-state index in [1.165, 1.54) is 37.1 Å². The third-order valence-corrected chi connectivity index (χ3v) is 3.70. The standard InChI is InChI=1S/C15H24N2/c1-3-17-9-5-8-15(17)12-16-11-14-7-4-6-13(2)10-14/h4,6-7,10,15-16H,3,5,8-9,11-12H2,1-2H3/t15-/m0/s1. The fraction of sp³-hybridized carbons (Fsp3) is 0.600. The summed E-state index contributed by atoms with van der Waals surface area (Å²) >= 11 is 0. The molecular formula is C15H24N2. The summed E-state index contributed by atoms with van der Waals surface area (Å²) in [4.78, 5) is 2.59. The van der Waals surface area contributed by atoms with Crippen LogP contribution in [0.4, 0.5) is 0 Å². The molecule has 1 saturated heterocycles. The second-order valence-corrected chi connectivity index (χ2v) is 5.04. The van der Waals surface area contributed by atoms with E-state index in [0.717, 1.165) is 19.1 Å². The fourth-order valence-electron chi connectivity index (χ4n) is 2.75. The minimum absolute atomic E-state index is 0.754. The van der Waals surface area contributed by atoms with E-state index < -0.39 is 0 Å². The first-order valence-electron chi connectivity index (χ1n) is 6.80. The van der Waals surface area contributed by atoms with Gasteiger partial charge in [-0.1, -0.05) is 36.8 Å². The molecule has 1 fully saturated rings. The van der Waals surface area contributed by atoms with Gasteiger partial charge in [0.15, 0.2) is 0 Å². The Morgan fingerprint density at radius 2 is 2.29 bits per heavy atom. The van der Waals surface area contributed by atoms with Gasteiger partial charge in [-0.2, -0.15) is 0 Å². The van der Waals surface area contributed by atoms with Crippen molar-refractivity contribution < 1.29 is 0 Å². The Kier molecular flexibility index (Phi) is 4.57. The van der Waals surface area contributed by atoms with E-state index in [1.54, 1.807) is 0 Å². The molecule has 0 amide bonds. The summed E-state index contributed by atoms with van der Waals surface area (Å²) in [5.74, 6) is 0. The number of nitrogens with zero attached hydrogens (tertiary/aromatic N) is 1. The Hall–Kier alpha value is -0.860. The summed E-state index contributed by atoms with van der Waals surface area (Å²) in [6.07, 6.45) is 2.72. The van der Waals surface area contributed by atoms with Crippen LogP contribution in [-0.2, 0) is 6.54 Å². The highest BCUT2D eigenvalue weighted by Crippen LogP contribution is 2.15. The average molecular weight is 232 g/mol. The summed E-state index contributed by atoms with van der Waals surface area (Å²) in [6.45, 7) is 9.01. The quantitative estimate of drug-likeness (QED) is 0.839. The Morgan fingerprint density at radius 3 is 3.06 bits per heavy atom. The summed E-state index contributed by atoms with van der Waals surface area (Å²) in [5, 5.41) is 3.59. The first-order valence-corrected chi connectivity index (χ1v) is 6.80. The van der Waals surface area contributed by atoms with Crippen LogP contribution in [0.1, 0.15) is 30.9 Å². The Balaban J connectivity index is 1.76. The van der Waals surface area contributed by atoms with Crippen LogP contribution in [0.25, 0.3) is 0 Å². The molecule has 0 aromatic heterocycles. The first kappa shape index (κ1) is 12.6. The van der Waals surface area contributed by atoms with Crippen molar-refractivity contribution >= 4 is 0 Å². The van der Waals surface area contributed by atoms with E-state index in [1.807, 2.05) is 0 Å². The molecule has 0 bridgehead atoms. The zero-order valence-electron chi connectivity index (χ0n) is 11.1. The smallest absolute Gasteiger partial charge is 0.0221 e. The van der Waals surface area contributed by atoms with Crippen LogP contribution in [0.15, 0.2) is 24.3 Å². The van der Waals surface area contributed by atoms with Gasteiger partial charge in [-0.25, -0.2) is 0 Å². The van der Waals surface area contributed by atoms with Gasteiger partial charge in [0.1, 0.15) is 0 Å². The predicted molar refractivity (Wildman–Crippen MR) is 73.2 cm³/mol. The number of likely N-dealkylation sites (N-methyl/N-ethyl adjacent to an activating group) is 1. The van der Waals surface area contributed by atoms with Gasteiger partial charge < -0.3 is 5.32 Å². The van der Waals surface area contributed by atoms with Gasteiger partial charge in [0, 0.05) is 19.1 Å². The van der Waals surface area contributed by atoms with Crippen molar-refractivity contribution in [2.24, 2.45) is 0 Å². The number of hydrogen-bond acceptors (Lipinski definition) is 2. The van der Waals surface area contributed by atoms with Crippen molar-refractivity contribution in [1.82, 2.24) is 10.2 Å². The van der Waals surface area contributed by atoms with E-state index in [2.05, 4.69) is 48.3 Å². The summed E-state index contributed by atoms with van der Waals surface area (Å²) in [7, 11) is 0. The van der Waals surface area contributed by atoms with Crippen molar-refractivity contribution in [2.75, 3.05) is 19.6 Å². The van der Waals surface area contributed by atoms with Gasteiger partial charge in [-0.05, 0) is 38.4 Å². The number of likely N-dealkylation sites (tertiary alicyclic amines) is 1. The minimum atomic E-state index is 0.754. The number of benzene rings is 1. The lowest BCUT2D eigenvalue weighted by Crippen LogP contribution is -2.37. The van der Waals surface area contributed by atoms with Gasteiger partial charge in [0.2, 0.25) is 0 Å². The van der Waals surface area contributed by atoms with Gasteiger partial charge >= 0.3 is 0 Å². The van der Waals surface area contributed by atoms with E-state index in [-0.39, 0.29) is 0 Å². The second-order valence-electron chi connectivity index (χ2n) is 5.04. The molecule has 0 unspecified atom stereocenters. The summed E-state index contributed by atoms with van der Waals surface area (Å²) in [6, 6.07) is 9.51. The number of nitrogens with one attached hydrogen (secondary N) is 1. The predicted octanol–water partition coefficient (Wildman–Crippen LogP) is 2.57. The van der Waals surface area contributed by atoms with Gasteiger partial charge in [0.05, 0.1) is 0 Å². The lowest BCUT2D eigenvalue weighted by molar-refractivity contribution is 0.260. The molecule has 1 atom stereocenters. The molecule has 1 aromatic carbocycles. The highest BCUT2D eigenvalue weighted by Gasteiger charge is 2.21. The average Bonchev–Trinajstić information content (AvgIpc) is 2.77. The lowest BCUT2D eigenvalue weighted by atomic mass is 10.1. The fourth-order valence-corrected chi connectivity index (χ4v) is 2.75. The van der Waals surface area contributed by atoms with Crippen molar-refractivity contribution in [3.63, 3.8) is 0 Å². The molecule has 1 aliphatic rings. The third-order valence-electron chi connectivity index (χ3n) is 3.70. The SMILES string of the molecule is CCN1CCC[C@H]1CNCc1cccc(C)c1. The Labute approximate surface area is 105 Å². The molecule has 1 aromatic rings. The van der Waals surface area contributed by atoms with E-state index in [4.69, 9.17) is 0 Å². The Morgan fingerprint density at radius 1 is 1.41 bits per heavy atom. The summed E-state index contributed by atoms with van der Waals surface area (Å²) < 4.78 is 0. The topological polar surface area (TPSA) is 15.3 Å². The molecule has 2 nitrogen and oxygen atoms in total. The van der Waals surface area contributed by atoms with Crippen molar-refractivity contribution in [3.05, 3.63) is 35.4 Å². The van der Waals surface area contributed by atoms with Crippen LogP contribution < -0.4 is 5.32 Å². The molecular weight excluding hydrogens is 208 g/mol. The first-order chi connectivity index (χ1) is 8.29. The van der Waals surface area contributed by atoms with Crippen LogP contribution in [0.3, 0.4) is 0 Å².